The van der Waals surface area contributed by atoms with Crippen molar-refractivity contribution >= 4 is 17.5 Å². The van der Waals surface area contributed by atoms with Crippen LogP contribution in [0.15, 0.2) is 30.5 Å². The number of aromatic nitrogens is 3. The molecule has 7 heteroatoms. The number of rotatable bonds is 3. The van der Waals surface area contributed by atoms with Gasteiger partial charge in [-0.15, -0.1) is 10.2 Å². The van der Waals surface area contributed by atoms with Crippen LogP contribution in [0, 0.1) is 5.82 Å². The van der Waals surface area contributed by atoms with Gasteiger partial charge in [-0.2, -0.15) is 0 Å². The van der Waals surface area contributed by atoms with Crippen LogP contribution in [0.4, 0.5) is 16.0 Å². The largest absolute Gasteiger partial charge is 0.372 e. The van der Waals surface area contributed by atoms with E-state index in [-0.39, 0.29) is 11.5 Å². The van der Waals surface area contributed by atoms with Crippen molar-refractivity contribution in [1.29, 1.82) is 0 Å². The van der Waals surface area contributed by atoms with Crippen LogP contribution in [0.2, 0.25) is 0 Å². The molecule has 1 amide bonds. The number of carbonyl (C=O) groups excluding carboxylic acids is 1. The molecule has 0 aliphatic carbocycles. The lowest BCUT2D eigenvalue weighted by molar-refractivity contribution is 0.102. The molecule has 0 spiro atoms. The molecule has 0 fully saturated rings. The molecule has 0 atom stereocenters. The number of amides is 1. The highest BCUT2D eigenvalue weighted by Crippen LogP contribution is 2.06. The van der Waals surface area contributed by atoms with Crippen molar-refractivity contribution in [1.82, 2.24) is 15.2 Å². The minimum atomic E-state index is -0.467. The van der Waals surface area contributed by atoms with E-state index in [1.165, 1.54) is 18.2 Å². The van der Waals surface area contributed by atoms with Crippen LogP contribution in [0.1, 0.15) is 10.5 Å². The van der Waals surface area contributed by atoms with Crippen LogP contribution in [-0.4, -0.2) is 28.1 Å². The Kier molecular flexibility index (Phi) is 3.42. The zero-order valence-electron chi connectivity index (χ0n) is 9.51. The molecular formula is C11H10FN5O. The molecule has 0 aliphatic heterocycles. The summed E-state index contributed by atoms with van der Waals surface area (Å²) in [4.78, 5) is 15.4. The fourth-order valence-electron chi connectivity index (χ4n) is 1.22. The van der Waals surface area contributed by atoms with Crippen molar-refractivity contribution < 1.29 is 9.18 Å². The number of hydrogen-bond donors (Lipinski definition) is 2. The van der Waals surface area contributed by atoms with Gasteiger partial charge in [0.05, 0.1) is 6.20 Å². The monoisotopic (exact) mass is 247 g/mol. The Hall–Kier alpha value is -2.57. The molecule has 0 unspecified atom stereocenters. The minimum Gasteiger partial charge on any atom is -0.372 e. The van der Waals surface area contributed by atoms with Gasteiger partial charge >= 0.3 is 0 Å². The highest BCUT2D eigenvalue weighted by atomic mass is 19.1. The van der Waals surface area contributed by atoms with Gasteiger partial charge in [0.25, 0.3) is 5.91 Å². The van der Waals surface area contributed by atoms with Gasteiger partial charge in [0.15, 0.2) is 5.69 Å². The molecule has 0 bridgehead atoms. The first-order valence-corrected chi connectivity index (χ1v) is 5.13. The molecule has 6 nitrogen and oxygen atoms in total. The molecule has 2 aromatic rings. The summed E-state index contributed by atoms with van der Waals surface area (Å²) < 4.78 is 12.6. The maximum atomic E-state index is 12.6. The standard InChI is InChI=1S/C11H10FN5O/c1-13-9-5-3-8(16-17-9)11(18)15-10-4-2-7(12)6-14-10/h2-6H,1H3,(H,13,17)(H,14,15,18). The lowest BCUT2D eigenvalue weighted by Gasteiger charge is -2.03. The van der Waals surface area contributed by atoms with Crippen LogP contribution in [0.25, 0.3) is 0 Å². The minimum absolute atomic E-state index is 0.153. The van der Waals surface area contributed by atoms with Crippen molar-refractivity contribution in [2.75, 3.05) is 17.7 Å². The topological polar surface area (TPSA) is 79.8 Å². The molecule has 2 aromatic heterocycles. The van der Waals surface area contributed by atoms with Gasteiger partial charge < -0.3 is 10.6 Å². The Labute approximate surface area is 102 Å². The second-order valence-corrected chi connectivity index (χ2v) is 3.37. The predicted molar refractivity (Wildman–Crippen MR) is 63.7 cm³/mol. The summed E-state index contributed by atoms with van der Waals surface area (Å²) in [5.74, 6) is -0.109. The molecule has 18 heavy (non-hydrogen) atoms. The van der Waals surface area contributed by atoms with E-state index in [1.807, 2.05) is 0 Å². The summed E-state index contributed by atoms with van der Waals surface area (Å²) in [6, 6.07) is 5.72. The summed E-state index contributed by atoms with van der Waals surface area (Å²) >= 11 is 0. The van der Waals surface area contributed by atoms with Crippen LogP contribution < -0.4 is 10.6 Å². The van der Waals surface area contributed by atoms with Crippen molar-refractivity contribution in [3.05, 3.63) is 42.0 Å². The van der Waals surface area contributed by atoms with E-state index >= 15 is 0 Å². The number of carbonyl (C=O) groups is 1. The lowest BCUT2D eigenvalue weighted by Crippen LogP contribution is -2.15. The number of anilines is 2. The smallest absolute Gasteiger partial charge is 0.277 e. The van der Waals surface area contributed by atoms with Crippen molar-refractivity contribution in [2.45, 2.75) is 0 Å². The Morgan fingerprint density at radius 1 is 1.17 bits per heavy atom. The summed E-state index contributed by atoms with van der Waals surface area (Å²) in [7, 11) is 1.70. The van der Waals surface area contributed by atoms with Crippen molar-refractivity contribution in [3.63, 3.8) is 0 Å². The number of pyridine rings is 1. The number of halogens is 1. The van der Waals surface area contributed by atoms with E-state index in [4.69, 9.17) is 0 Å². The third-order valence-electron chi connectivity index (χ3n) is 2.12. The molecule has 0 radical (unpaired) electrons. The zero-order chi connectivity index (χ0) is 13.0. The van der Waals surface area contributed by atoms with E-state index in [2.05, 4.69) is 25.8 Å². The molecule has 2 heterocycles. The first-order valence-electron chi connectivity index (χ1n) is 5.13. The SMILES string of the molecule is CNc1ccc(C(=O)Nc2ccc(F)cn2)nn1. The highest BCUT2D eigenvalue weighted by Gasteiger charge is 2.09. The van der Waals surface area contributed by atoms with Gasteiger partial charge in [0.1, 0.15) is 17.5 Å². The molecule has 92 valence electrons. The van der Waals surface area contributed by atoms with Gasteiger partial charge in [0.2, 0.25) is 0 Å². The van der Waals surface area contributed by atoms with E-state index < -0.39 is 11.7 Å². The summed E-state index contributed by atoms with van der Waals surface area (Å²) in [6.07, 6.45) is 1.02. The summed E-state index contributed by atoms with van der Waals surface area (Å²) in [5, 5.41) is 12.8. The lowest BCUT2D eigenvalue weighted by atomic mass is 10.3. The third kappa shape index (κ3) is 2.76. The second-order valence-electron chi connectivity index (χ2n) is 3.37. The quantitative estimate of drug-likeness (QED) is 0.854. The van der Waals surface area contributed by atoms with Gasteiger partial charge in [0, 0.05) is 7.05 Å². The number of hydrogen-bond acceptors (Lipinski definition) is 5. The van der Waals surface area contributed by atoms with Crippen LogP contribution >= 0.6 is 0 Å². The Morgan fingerprint density at radius 2 is 1.94 bits per heavy atom. The first-order chi connectivity index (χ1) is 8.69. The second kappa shape index (κ2) is 5.17. The zero-order valence-corrected chi connectivity index (χ0v) is 9.51. The molecule has 0 saturated heterocycles. The van der Waals surface area contributed by atoms with Gasteiger partial charge in [-0.05, 0) is 24.3 Å². The van der Waals surface area contributed by atoms with E-state index in [1.54, 1.807) is 13.1 Å². The number of nitrogens with zero attached hydrogens (tertiary/aromatic N) is 3. The van der Waals surface area contributed by atoms with E-state index in [0.29, 0.717) is 5.82 Å². The molecule has 2 N–H and O–H groups in total. The maximum Gasteiger partial charge on any atom is 0.277 e. The molecular weight excluding hydrogens is 237 g/mol. The Morgan fingerprint density at radius 3 is 2.50 bits per heavy atom. The first kappa shape index (κ1) is 11.9. The Bertz CT molecular complexity index is 540. The van der Waals surface area contributed by atoms with Gasteiger partial charge in [-0.1, -0.05) is 0 Å². The summed E-state index contributed by atoms with van der Waals surface area (Å²) in [6.45, 7) is 0. The van der Waals surface area contributed by atoms with Crippen molar-refractivity contribution in [2.24, 2.45) is 0 Å². The van der Waals surface area contributed by atoms with Crippen LogP contribution in [0.3, 0.4) is 0 Å². The van der Waals surface area contributed by atoms with E-state index in [9.17, 15) is 9.18 Å². The Balaban J connectivity index is 2.09. The molecule has 0 saturated carbocycles. The summed E-state index contributed by atoms with van der Waals surface area (Å²) in [5.41, 5.74) is 0.153. The van der Waals surface area contributed by atoms with E-state index in [0.717, 1.165) is 6.20 Å². The molecule has 0 aliphatic rings. The average molecular weight is 247 g/mol. The van der Waals surface area contributed by atoms with Gasteiger partial charge in [-0.25, -0.2) is 9.37 Å². The maximum absolute atomic E-state index is 12.6. The van der Waals surface area contributed by atoms with Crippen LogP contribution in [-0.2, 0) is 0 Å². The fraction of sp³-hybridized carbons (Fsp3) is 0.0909. The average Bonchev–Trinajstić information content (AvgIpc) is 2.41. The van der Waals surface area contributed by atoms with Gasteiger partial charge in [-0.3, -0.25) is 4.79 Å². The molecule has 2 rings (SSSR count). The van der Waals surface area contributed by atoms with Crippen molar-refractivity contribution in [3.8, 4) is 0 Å². The molecule has 0 aromatic carbocycles. The highest BCUT2D eigenvalue weighted by molar-refractivity contribution is 6.02. The van der Waals surface area contributed by atoms with Crippen LogP contribution in [0.5, 0.6) is 0 Å². The number of nitrogens with one attached hydrogen (secondary N) is 2. The predicted octanol–water partition coefficient (Wildman–Crippen LogP) is 1.30. The normalized spacial score (nSPS) is 9.89. The third-order valence-corrected chi connectivity index (χ3v) is 2.12. The fourth-order valence-corrected chi connectivity index (χ4v) is 1.22.